The van der Waals surface area contributed by atoms with Crippen molar-refractivity contribution in [2.45, 2.75) is 78.6 Å². The van der Waals surface area contributed by atoms with Crippen molar-refractivity contribution >= 4 is 22.6 Å². The summed E-state index contributed by atoms with van der Waals surface area (Å²) in [5.74, 6) is 0. The minimum atomic E-state index is 1.26. The summed E-state index contributed by atoms with van der Waals surface area (Å²) in [6.07, 6.45) is 11.6. The number of halogens is 1. The zero-order chi connectivity index (χ0) is 14.1. The van der Waals surface area contributed by atoms with E-state index in [1.165, 1.54) is 57.8 Å². The fraction of sp³-hybridized carbons (Fsp3) is 0.667. The SMILES string of the molecule is CCCCc1cc(CCCC)c(I)c(CCCC)c1. The van der Waals surface area contributed by atoms with Crippen molar-refractivity contribution in [1.29, 1.82) is 0 Å². The first-order chi connectivity index (χ1) is 9.22. The molecule has 0 N–H and O–H groups in total. The molecule has 0 saturated heterocycles. The van der Waals surface area contributed by atoms with Gasteiger partial charge in [-0.2, -0.15) is 0 Å². The summed E-state index contributed by atoms with van der Waals surface area (Å²) in [6.45, 7) is 6.85. The Hall–Kier alpha value is -0.0500. The van der Waals surface area contributed by atoms with Crippen molar-refractivity contribution in [3.8, 4) is 0 Å². The van der Waals surface area contributed by atoms with Gasteiger partial charge in [-0.1, -0.05) is 52.2 Å². The quantitative estimate of drug-likeness (QED) is 0.445. The van der Waals surface area contributed by atoms with Gasteiger partial charge in [0.2, 0.25) is 0 Å². The number of aryl methyl sites for hydroxylation is 3. The van der Waals surface area contributed by atoms with Crippen LogP contribution in [-0.4, -0.2) is 0 Å². The van der Waals surface area contributed by atoms with Crippen molar-refractivity contribution in [2.75, 3.05) is 0 Å². The van der Waals surface area contributed by atoms with Crippen molar-refractivity contribution < 1.29 is 0 Å². The van der Waals surface area contributed by atoms with Crippen LogP contribution < -0.4 is 0 Å². The molecule has 1 aromatic carbocycles. The van der Waals surface area contributed by atoms with E-state index in [2.05, 4.69) is 55.5 Å². The lowest BCUT2D eigenvalue weighted by Gasteiger charge is -2.13. The number of hydrogen-bond donors (Lipinski definition) is 0. The Balaban J connectivity index is 2.92. The van der Waals surface area contributed by atoms with Gasteiger partial charge < -0.3 is 0 Å². The molecule has 0 amide bonds. The summed E-state index contributed by atoms with van der Waals surface area (Å²) in [4.78, 5) is 0. The van der Waals surface area contributed by atoms with Gasteiger partial charge >= 0.3 is 0 Å². The van der Waals surface area contributed by atoms with Crippen molar-refractivity contribution in [1.82, 2.24) is 0 Å². The molecule has 0 bridgehead atoms. The standard InChI is InChI=1S/C18H29I/c1-4-7-10-15-13-16(11-8-5-2)18(19)17(14-15)12-9-6-3/h13-14H,4-12H2,1-3H3. The normalized spacial score (nSPS) is 10.9. The molecule has 19 heavy (non-hydrogen) atoms. The second-order valence-electron chi connectivity index (χ2n) is 5.54. The molecule has 0 aromatic heterocycles. The largest absolute Gasteiger partial charge is 0.0654 e. The molecule has 0 atom stereocenters. The summed E-state index contributed by atoms with van der Waals surface area (Å²) in [6, 6.07) is 4.95. The van der Waals surface area contributed by atoms with Gasteiger partial charge in [-0.15, -0.1) is 0 Å². The molecule has 0 aliphatic heterocycles. The highest BCUT2D eigenvalue weighted by Gasteiger charge is 2.08. The average Bonchev–Trinajstić information content (AvgIpc) is 2.43. The number of unbranched alkanes of at least 4 members (excludes halogenated alkanes) is 3. The van der Waals surface area contributed by atoms with E-state index in [1.807, 2.05) is 0 Å². The molecular formula is C18H29I. The molecule has 0 heterocycles. The molecule has 108 valence electrons. The van der Waals surface area contributed by atoms with Crippen LogP contribution in [0.4, 0.5) is 0 Å². The first-order valence-electron chi connectivity index (χ1n) is 8.03. The Kier molecular flexibility index (Phi) is 8.76. The Morgan fingerprint density at radius 2 is 1.16 bits per heavy atom. The van der Waals surface area contributed by atoms with Gasteiger partial charge in [0.05, 0.1) is 0 Å². The highest BCUT2D eigenvalue weighted by Crippen LogP contribution is 2.24. The smallest absolute Gasteiger partial charge is 0.0194 e. The van der Waals surface area contributed by atoms with E-state index in [0.29, 0.717) is 0 Å². The maximum Gasteiger partial charge on any atom is 0.0194 e. The Labute approximate surface area is 133 Å². The third-order valence-corrected chi connectivity index (χ3v) is 5.09. The lowest BCUT2D eigenvalue weighted by Crippen LogP contribution is -2.00. The van der Waals surface area contributed by atoms with Crippen LogP contribution in [-0.2, 0) is 19.3 Å². The second kappa shape index (κ2) is 9.79. The maximum atomic E-state index is 2.57. The Morgan fingerprint density at radius 3 is 1.58 bits per heavy atom. The molecule has 1 heteroatoms. The third kappa shape index (κ3) is 5.85. The molecule has 0 aliphatic rings. The van der Waals surface area contributed by atoms with Gasteiger partial charge in [0.1, 0.15) is 0 Å². The third-order valence-electron chi connectivity index (χ3n) is 3.70. The molecule has 0 saturated carbocycles. The molecule has 0 spiro atoms. The highest BCUT2D eigenvalue weighted by molar-refractivity contribution is 14.1. The average molecular weight is 372 g/mol. The van der Waals surface area contributed by atoms with Crippen LogP contribution in [0.3, 0.4) is 0 Å². The van der Waals surface area contributed by atoms with Gasteiger partial charge in [0.15, 0.2) is 0 Å². The summed E-state index contributed by atoms with van der Waals surface area (Å²) in [7, 11) is 0. The van der Waals surface area contributed by atoms with Crippen LogP contribution in [0.1, 0.15) is 76.0 Å². The van der Waals surface area contributed by atoms with E-state index >= 15 is 0 Å². The summed E-state index contributed by atoms with van der Waals surface area (Å²) in [5, 5.41) is 0. The van der Waals surface area contributed by atoms with Crippen LogP contribution in [0.2, 0.25) is 0 Å². The number of benzene rings is 1. The van der Waals surface area contributed by atoms with Gasteiger partial charge in [-0.05, 0) is 77.8 Å². The van der Waals surface area contributed by atoms with E-state index < -0.39 is 0 Å². The van der Waals surface area contributed by atoms with E-state index in [-0.39, 0.29) is 0 Å². The molecule has 0 unspecified atom stereocenters. The molecule has 0 radical (unpaired) electrons. The lowest BCUT2D eigenvalue weighted by molar-refractivity contribution is 0.762. The van der Waals surface area contributed by atoms with Crippen LogP contribution in [0.25, 0.3) is 0 Å². The van der Waals surface area contributed by atoms with E-state index in [1.54, 1.807) is 20.3 Å². The predicted molar refractivity (Wildman–Crippen MR) is 95.0 cm³/mol. The van der Waals surface area contributed by atoms with Gasteiger partial charge in [-0.25, -0.2) is 0 Å². The van der Waals surface area contributed by atoms with Crippen molar-refractivity contribution in [3.05, 3.63) is 32.4 Å². The second-order valence-corrected chi connectivity index (χ2v) is 6.62. The van der Waals surface area contributed by atoms with E-state index in [4.69, 9.17) is 0 Å². The molecule has 0 aliphatic carbocycles. The van der Waals surface area contributed by atoms with Crippen LogP contribution in [0.5, 0.6) is 0 Å². The molecule has 1 aromatic rings. The monoisotopic (exact) mass is 372 g/mol. The number of hydrogen-bond acceptors (Lipinski definition) is 0. The summed E-state index contributed by atoms with van der Waals surface area (Å²) >= 11 is 2.57. The van der Waals surface area contributed by atoms with Crippen LogP contribution in [0, 0.1) is 3.57 Å². The fourth-order valence-electron chi connectivity index (χ4n) is 2.45. The predicted octanol–water partition coefficient (Wildman–Crippen LogP) is 6.32. The molecular weight excluding hydrogens is 343 g/mol. The van der Waals surface area contributed by atoms with Crippen LogP contribution >= 0.6 is 22.6 Å². The van der Waals surface area contributed by atoms with Crippen LogP contribution in [0.15, 0.2) is 12.1 Å². The highest BCUT2D eigenvalue weighted by atomic mass is 127. The van der Waals surface area contributed by atoms with Gasteiger partial charge in [-0.3, -0.25) is 0 Å². The van der Waals surface area contributed by atoms with Gasteiger partial charge in [0, 0.05) is 3.57 Å². The molecule has 0 nitrogen and oxygen atoms in total. The lowest BCUT2D eigenvalue weighted by atomic mass is 9.96. The Bertz CT molecular complexity index is 339. The molecule has 0 fully saturated rings. The zero-order valence-corrected chi connectivity index (χ0v) is 15.1. The first-order valence-corrected chi connectivity index (χ1v) is 9.10. The summed E-state index contributed by atoms with van der Waals surface area (Å²) < 4.78 is 1.54. The molecule has 1 rings (SSSR count). The zero-order valence-electron chi connectivity index (χ0n) is 12.9. The van der Waals surface area contributed by atoms with E-state index in [0.717, 1.165) is 0 Å². The topological polar surface area (TPSA) is 0 Å². The fourth-order valence-corrected chi connectivity index (χ4v) is 3.30. The Morgan fingerprint density at radius 1 is 0.737 bits per heavy atom. The van der Waals surface area contributed by atoms with Crippen molar-refractivity contribution in [3.63, 3.8) is 0 Å². The maximum absolute atomic E-state index is 2.57. The first kappa shape index (κ1) is 17.0. The van der Waals surface area contributed by atoms with Gasteiger partial charge in [0.25, 0.3) is 0 Å². The minimum absolute atomic E-state index is 1.26. The van der Waals surface area contributed by atoms with E-state index in [9.17, 15) is 0 Å². The number of rotatable bonds is 9. The van der Waals surface area contributed by atoms with Crippen molar-refractivity contribution in [2.24, 2.45) is 0 Å². The minimum Gasteiger partial charge on any atom is -0.0654 e. The summed E-state index contributed by atoms with van der Waals surface area (Å²) in [5.41, 5.74) is 4.77.